The van der Waals surface area contributed by atoms with Gasteiger partial charge >= 0.3 is 0 Å². The molecule has 0 radical (unpaired) electrons. The first-order chi connectivity index (χ1) is 12.4. The minimum atomic E-state index is -0.571. The third kappa shape index (κ3) is 3.61. The molecular weight excluding hydrogens is 342 g/mol. The van der Waals surface area contributed by atoms with Gasteiger partial charge in [-0.3, -0.25) is 19.7 Å². The first-order valence-electron chi connectivity index (χ1n) is 7.41. The number of hydrogen-bond donors (Lipinski definition) is 2. The maximum Gasteiger partial charge on any atom is 0.280 e. The molecule has 2 aromatic carbocycles. The molecule has 0 fully saturated rings. The van der Waals surface area contributed by atoms with Crippen molar-refractivity contribution < 1.29 is 24.0 Å². The fourth-order valence-electron chi connectivity index (χ4n) is 2.31. The molecule has 1 aliphatic heterocycles. The predicted octanol–water partition coefficient (Wildman–Crippen LogP) is 2.07. The summed E-state index contributed by atoms with van der Waals surface area (Å²) in [5, 5.41) is 13.8. The number of amides is 2. The monoisotopic (exact) mass is 355 g/mol. The van der Waals surface area contributed by atoms with E-state index in [-0.39, 0.29) is 23.8 Å². The molecule has 26 heavy (non-hydrogen) atoms. The first kappa shape index (κ1) is 17.0. The molecule has 3 N–H and O–H groups in total. The average Bonchev–Trinajstić information content (AvgIpc) is 3.06. The smallest absolute Gasteiger partial charge is 0.280 e. The molecular formula is C17H13N3O6. The summed E-state index contributed by atoms with van der Waals surface area (Å²) in [5.74, 6) is -0.410. The number of fused-ring (bicyclic) bond motifs is 1. The molecule has 0 saturated heterocycles. The summed E-state index contributed by atoms with van der Waals surface area (Å²) in [5.41, 5.74) is 5.91. The van der Waals surface area contributed by atoms with E-state index in [1.807, 2.05) is 0 Å². The third-order valence-corrected chi connectivity index (χ3v) is 3.57. The van der Waals surface area contributed by atoms with E-state index in [4.69, 9.17) is 15.2 Å². The second-order valence-electron chi connectivity index (χ2n) is 5.29. The number of rotatable bonds is 5. The van der Waals surface area contributed by atoms with Crippen LogP contribution in [0.1, 0.15) is 15.9 Å². The fourth-order valence-corrected chi connectivity index (χ4v) is 2.31. The van der Waals surface area contributed by atoms with Gasteiger partial charge in [-0.15, -0.1) is 0 Å². The van der Waals surface area contributed by atoms with Gasteiger partial charge in [-0.25, -0.2) is 0 Å². The third-order valence-electron chi connectivity index (χ3n) is 3.57. The molecule has 0 saturated carbocycles. The summed E-state index contributed by atoms with van der Waals surface area (Å²) in [6.07, 6.45) is 2.47. The highest BCUT2D eigenvalue weighted by Gasteiger charge is 2.22. The molecule has 0 unspecified atom stereocenters. The zero-order valence-corrected chi connectivity index (χ0v) is 13.3. The fraction of sp³-hybridized carbons (Fsp3) is 0.0588. The lowest BCUT2D eigenvalue weighted by atomic mass is 10.1. The van der Waals surface area contributed by atoms with Crippen molar-refractivity contribution in [3.05, 3.63) is 63.7 Å². The van der Waals surface area contributed by atoms with E-state index in [1.54, 1.807) is 0 Å². The summed E-state index contributed by atoms with van der Waals surface area (Å²) < 4.78 is 10.3. The number of carbonyl (C=O) groups is 2. The van der Waals surface area contributed by atoms with Crippen LogP contribution < -0.4 is 20.5 Å². The second kappa shape index (κ2) is 6.93. The van der Waals surface area contributed by atoms with Crippen LogP contribution in [0.4, 0.5) is 11.4 Å². The second-order valence-corrected chi connectivity index (χ2v) is 5.29. The van der Waals surface area contributed by atoms with Gasteiger partial charge in [0.05, 0.1) is 16.6 Å². The van der Waals surface area contributed by atoms with Crippen LogP contribution in [0, 0.1) is 10.1 Å². The van der Waals surface area contributed by atoms with Crippen LogP contribution in [0.2, 0.25) is 0 Å². The van der Waals surface area contributed by atoms with Crippen molar-refractivity contribution in [1.29, 1.82) is 0 Å². The number of nitrogens with zero attached hydrogens (tertiary/aromatic N) is 1. The molecule has 0 atom stereocenters. The Morgan fingerprint density at radius 2 is 1.81 bits per heavy atom. The normalized spacial score (nSPS) is 12.2. The molecule has 1 heterocycles. The number of nitro groups is 1. The van der Waals surface area contributed by atoms with Gasteiger partial charge in [0.2, 0.25) is 18.6 Å². The van der Waals surface area contributed by atoms with Crippen molar-refractivity contribution in [2.45, 2.75) is 0 Å². The maximum atomic E-state index is 12.0. The van der Waals surface area contributed by atoms with Gasteiger partial charge in [-0.05, 0) is 36.4 Å². The molecule has 0 bridgehead atoms. The van der Waals surface area contributed by atoms with Crippen molar-refractivity contribution in [2.75, 3.05) is 12.1 Å². The maximum absolute atomic E-state index is 12.0. The van der Waals surface area contributed by atoms with E-state index in [0.29, 0.717) is 17.0 Å². The van der Waals surface area contributed by atoms with Crippen molar-refractivity contribution in [1.82, 2.24) is 0 Å². The van der Waals surface area contributed by atoms with E-state index in [2.05, 4.69) is 5.32 Å². The Balaban J connectivity index is 1.76. The molecule has 3 rings (SSSR count). The van der Waals surface area contributed by atoms with Crippen molar-refractivity contribution in [3.63, 3.8) is 0 Å². The molecule has 0 spiro atoms. The Morgan fingerprint density at radius 1 is 1.15 bits per heavy atom. The lowest BCUT2D eigenvalue weighted by Gasteiger charge is -2.03. The van der Waals surface area contributed by atoms with E-state index < -0.39 is 16.7 Å². The van der Waals surface area contributed by atoms with E-state index in [0.717, 1.165) is 6.08 Å². The van der Waals surface area contributed by atoms with E-state index in [9.17, 15) is 19.7 Å². The summed E-state index contributed by atoms with van der Waals surface area (Å²) in [6, 6.07) is 8.69. The Hall–Kier alpha value is -3.88. The highest BCUT2D eigenvalue weighted by atomic mass is 16.7. The molecule has 132 valence electrons. The highest BCUT2D eigenvalue weighted by molar-refractivity contribution is 6.02. The van der Waals surface area contributed by atoms with Gasteiger partial charge < -0.3 is 20.5 Å². The summed E-state index contributed by atoms with van der Waals surface area (Å²) >= 11 is 0. The quantitative estimate of drug-likeness (QED) is 0.479. The highest BCUT2D eigenvalue weighted by Crippen LogP contribution is 2.38. The number of hydrogen-bond acceptors (Lipinski definition) is 6. The summed E-state index contributed by atoms with van der Waals surface area (Å²) in [4.78, 5) is 33.6. The van der Waals surface area contributed by atoms with Gasteiger partial charge in [0.25, 0.3) is 5.69 Å². The number of primary amides is 1. The lowest BCUT2D eigenvalue weighted by molar-refractivity contribution is -0.385. The lowest BCUT2D eigenvalue weighted by Crippen LogP contribution is -2.11. The standard InChI is InChI=1S/C17H13N3O6/c18-17(22)10-1-4-12(5-2-10)19-16(21)6-3-11-7-14-15(26-9-25-14)8-13(11)20(23)24/h1-8H,9H2,(H2,18,22)(H,19,21). The predicted molar refractivity (Wildman–Crippen MR) is 91.8 cm³/mol. The topological polar surface area (TPSA) is 134 Å². The van der Waals surface area contributed by atoms with Crippen LogP contribution in [0.3, 0.4) is 0 Å². The number of benzene rings is 2. The minimum Gasteiger partial charge on any atom is -0.454 e. The van der Waals surface area contributed by atoms with Crippen LogP contribution in [0.15, 0.2) is 42.5 Å². The number of anilines is 1. The molecule has 9 heteroatoms. The SMILES string of the molecule is NC(=O)c1ccc(NC(=O)C=Cc2cc3c(cc2[N+](=O)[O-])OCO3)cc1. The Kier molecular flexibility index (Phi) is 4.52. The molecule has 0 aromatic heterocycles. The number of nitro benzene ring substituents is 1. The van der Waals surface area contributed by atoms with Gasteiger partial charge in [0.15, 0.2) is 11.5 Å². The summed E-state index contributed by atoms with van der Waals surface area (Å²) in [6.45, 7) is -0.0125. The zero-order chi connectivity index (χ0) is 18.7. The van der Waals surface area contributed by atoms with Gasteiger partial charge in [0, 0.05) is 17.3 Å². The largest absolute Gasteiger partial charge is 0.454 e. The Morgan fingerprint density at radius 3 is 2.42 bits per heavy atom. The van der Waals surface area contributed by atoms with Gasteiger partial charge in [0.1, 0.15) is 0 Å². The minimum absolute atomic E-state index is 0.0125. The number of carbonyl (C=O) groups excluding carboxylic acids is 2. The van der Waals surface area contributed by atoms with Crippen LogP contribution in [-0.4, -0.2) is 23.5 Å². The van der Waals surface area contributed by atoms with E-state index in [1.165, 1.54) is 42.5 Å². The van der Waals surface area contributed by atoms with Crippen molar-refractivity contribution in [2.24, 2.45) is 5.73 Å². The molecule has 0 aliphatic carbocycles. The van der Waals surface area contributed by atoms with Gasteiger partial charge in [-0.1, -0.05) is 0 Å². The molecule has 2 amide bonds. The number of ether oxygens (including phenoxy) is 2. The van der Waals surface area contributed by atoms with Gasteiger partial charge in [-0.2, -0.15) is 0 Å². The van der Waals surface area contributed by atoms with Crippen molar-refractivity contribution >= 4 is 29.3 Å². The molecule has 9 nitrogen and oxygen atoms in total. The average molecular weight is 355 g/mol. The Bertz CT molecular complexity index is 921. The number of nitrogens with two attached hydrogens (primary N) is 1. The zero-order valence-electron chi connectivity index (χ0n) is 13.3. The van der Waals surface area contributed by atoms with Crippen LogP contribution >= 0.6 is 0 Å². The van der Waals surface area contributed by atoms with Crippen LogP contribution in [0.5, 0.6) is 11.5 Å². The molecule has 1 aliphatic rings. The molecule has 2 aromatic rings. The Labute approximate surface area is 147 Å². The van der Waals surface area contributed by atoms with E-state index >= 15 is 0 Å². The summed E-state index contributed by atoms with van der Waals surface area (Å²) in [7, 11) is 0. The van der Waals surface area contributed by atoms with Crippen LogP contribution in [-0.2, 0) is 4.79 Å². The first-order valence-corrected chi connectivity index (χ1v) is 7.41. The number of nitrogens with one attached hydrogen (secondary N) is 1. The van der Waals surface area contributed by atoms with Crippen LogP contribution in [0.25, 0.3) is 6.08 Å². The van der Waals surface area contributed by atoms with Crippen molar-refractivity contribution in [3.8, 4) is 11.5 Å².